The summed E-state index contributed by atoms with van der Waals surface area (Å²) in [6.07, 6.45) is 2.61. The van der Waals surface area contributed by atoms with E-state index in [2.05, 4.69) is 19.9 Å². The van der Waals surface area contributed by atoms with Crippen molar-refractivity contribution in [2.75, 3.05) is 33.4 Å². The molecule has 1 unspecified atom stereocenters. The highest BCUT2D eigenvalue weighted by Gasteiger charge is 2.26. The molecule has 1 N–H and O–H groups in total. The topological polar surface area (TPSA) is 124 Å². The predicted molar refractivity (Wildman–Crippen MR) is 113 cm³/mol. The Bertz CT molecular complexity index is 1190. The number of benzene rings is 1. The quantitative estimate of drug-likeness (QED) is 0.565. The number of hydrogen-bond acceptors (Lipinski definition) is 8. The third kappa shape index (κ3) is 4.75. The Hall–Kier alpha value is -3.79. The van der Waals surface area contributed by atoms with Gasteiger partial charge < -0.3 is 19.1 Å². The van der Waals surface area contributed by atoms with Crippen LogP contribution < -0.4 is 10.3 Å². The molecule has 0 aliphatic carbocycles. The molecule has 10 nitrogen and oxygen atoms in total. The van der Waals surface area contributed by atoms with Crippen LogP contribution in [0.2, 0.25) is 0 Å². The third-order valence-electron chi connectivity index (χ3n) is 5.16. The number of fused-ring (bicyclic) bond motifs is 1. The fourth-order valence-electron chi connectivity index (χ4n) is 3.52. The zero-order valence-electron chi connectivity index (χ0n) is 17.4. The molecule has 1 aliphatic rings. The SMILES string of the molecule is COC(=O)c1cncc(OCC2CN(C(=O)Cc3n[nH]c(=O)c4ccccc34)CCO2)c1. The average Bonchev–Trinajstić information content (AvgIpc) is 2.84. The molecular weight excluding hydrogens is 416 g/mol. The lowest BCUT2D eigenvalue weighted by molar-refractivity contribution is -0.139. The highest BCUT2D eigenvalue weighted by molar-refractivity contribution is 5.89. The van der Waals surface area contributed by atoms with Crippen molar-refractivity contribution in [1.82, 2.24) is 20.1 Å². The Kier molecular flexibility index (Phi) is 6.41. The molecule has 1 amide bonds. The van der Waals surface area contributed by atoms with Crippen LogP contribution in [0.15, 0.2) is 47.5 Å². The van der Waals surface area contributed by atoms with Gasteiger partial charge in [0, 0.05) is 18.1 Å². The third-order valence-corrected chi connectivity index (χ3v) is 5.16. The number of esters is 1. The van der Waals surface area contributed by atoms with Gasteiger partial charge in [0.2, 0.25) is 5.91 Å². The minimum absolute atomic E-state index is 0.0654. The Morgan fingerprint density at radius 1 is 1.25 bits per heavy atom. The zero-order chi connectivity index (χ0) is 22.5. The van der Waals surface area contributed by atoms with E-state index in [4.69, 9.17) is 9.47 Å². The fourth-order valence-corrected chi connectivity index (χ4v) is 3.52. The monoisotopic (exact) mass is 438 g/mol. The molecule has 2 aromatic heterocycles. The minimum Gasteiger partial charge on any atom is -0.489 e. The Labute approximate surface area is 183 Å². The predicted octanol–water partition coefficient (Wildman–Crippen LogP) is 0.954. The molecule has 0 saturated carbocycles. The van der Waals surface area contributed by atoms with Gasteiger partial charge in [0.25, 0.3) is 5.56 Å². The number of amides is 1. The molecule has 32 heavy (non-hydrogen) atoms. The molecule has 3 aromatic rings. The molecule has 166 valence electrons. The van der Waals surface area contributed by atoms with E-state index in [1.54, 1.807) is 23.1 Å². The molecule has 4 rings (SSSR count). The molecule has 1 aliphatic heterocycles. The van der Waals surface area contributed by atoms with Crippen molar-refractivity contribution >= 4 is 22.6 Å². The summed E-state index contributed by atoms with van der Waals surface area (Å²) in [4.78, 5) is 42.2. The number of morpholine rings is 1. The smallest absolute Gasteiger partial charge is 0.339 e. The lowest BCUT2D eigenvalue weighted by atomic mass is 10.1. The van der Waals surface area contributed by atoms with Gasteiger partial charge in [-0.05, 0) is 12.1 Å². The van der Waals surface area contributed by atoms with Gasteiger partial charge in [-0.1, -0.05) is 18.2 Å². The molecule has 0 bridgehead atoms. The first-order chi connectivity index (χ1) is 15.5. The van der Waals surface area contributed by atoms with Gasteiger partial charge in [0.05, 0.1) is 49.5 Å². The van der Waals surface area contributed by atoms with Crippen LogP contribution in [-0.2, 0) is 20.7 Å². The van der Waals surface area contributed by atoms with Crippen molar-refractivity contribution in [2.45, 2.75) is 12.5 Å². The molecule has 10 heteroatoms. The van der Waals surface area contributed by atoms with Crippen LogP contribution in [0.5, 0.6) is 5.75 Å². The summed E-state index contributed by atoms with van der Waals surface area (Å²) in [5, 5.41) is 7.70. The fraction of sp³-hybridized carbons (Fsp3) is 0.318. The second kappa shape index (κ2) is 9.56. The Balaban J connectivity index is 1.38. The summed E-state index contributed by atoms with van der Waals surface area (Å²) in [6, 6.07) is 8.61. The number of H-pyrrole nitrogens is 1. The summed E-state index contributed by atoms with van der Waals surface area (Å²) < 4.78 is 16.1. The zero-order valence-corrected chi connectivity index (χ0v) is 17.4. The molecule has 1 aromatic carbocycles. The van der Waals surface area contributed by atoms with E-state index in [9.17, 15) is 14.4 Å². The van der Waals surface area contributed by atoms with E-state index < -0.39 is 5.97 Å². The summed E-state index contributed by atoms with van der Waals surface area (Å²) in [5.74, 6) is -0.210. The number of nitrogens with zero attached hydrogens (tertiary/aromatic N) is 3. The molecule has 1 fully saturated rings. The number of ether oxygens (including phenoxy) is 3. The van der Waals surface area contributed by atoms with Gasteiger partial charge in [-0.25, -0.2) is 9.89 Å². The molecular formula is C22H22N4O6. The first-order valence-electron chi connectivity index (χ1n) is 10.1. The summed E-state index contributed by atoms with van der Waals surface area (Å²) in [5.41, 5.74) is 0.522. The van der Waals surface area contributed by atoms with Crippen LogP contribution in [-0.4, -0.2) is 71.5 Å². The summed E-state index contributed by atoms with van der Waals surface area (Å²) in [6.45, 7) is 1.37. The minimum atomic E-state index is -0.503. The van der Waals surface area contributed by atoms with Crippen molar-refractivity contribution in [3.63, 3.8) is 0 Å². The lowest BCUT2D eigenvalue weighted by Gasteiger charge is -2.32. The molecule has 1 atom stereocenters. The maximum Gasteiger partial charge on any atom is 0.339 e. The van der Waals surface area contributed by atoms with Crippen molar-refractivity contribution < 1.29 is 23.8 Å². The Morgan fingerprint density at radius 2 is 2.06 bits per heavy atom. The van der Waals surface area contributed by atoms with Crippen molar-refractivity contribution in [1.29, 1.82) is 0 Å². The standard InChI is InChI=1S/C22H22N4O6/c1-30-22(29)14-8-15(11-23-10-14)32-13-16-12-26(6-7-31-16)20(27)9-19-17-4-2-3-5-18(17)21(28)25-24-19/h2-5,8,10-11,16H,6-7,9,12-13H2,1H3,(H,25,28). The number of hydrogen-bond donors (Lipinski definition) is 1. The van der Waals surface area contributed by atoms with Crippen LogP contribution in [0, 0.1) is 0 Å². The van der Waals surface area contributed by atoms with E-state index in [0.29, 0.717) is 41.9 Å². The second-order valence-corrected chi connectivity index (χ2v) is 7.27. The number of rotatable bonds is 6. The average molecular weight is 438 g/mol. The first kappa shape index (κ1) is 21.4. The number of nitrogens with one attached hydrogen (secondary N) is 1. The van der Waals surface area contributed by atoms with E-state index in [1.807, 2.05) is 6.07 Å². The maximum atomic E-state index is 12.9. The molecule has 1 saturated heterocycles. The van der Waals surface area contributed by atoms with E-state index in [0.717, 1.165) is 0 Å². The van der Waals surface area contributed by atoms with Gasteiger partial charge in [0.15, 0.2) is 0 Å². The van der Waals surface area contributed by atoms with E-state index in [1.165, 1.54) is 25.6 Å². The van der Waals surface area contributed by atoms with E-state index in [-0.39, 0.29) is 36.2 Å². The van der Waals surface area contributed by atoms with Crippen molar-refractivity contribution in [3.8, 4) is 5.75 Å². The van der Waals surface area contributed by atoms with Crippen LogP contribution in [0.25, 0.3) is 10.8 Å². The van der Waals surface area contributed by atoms with Crippen molar-refractivity contribution in [2.24, 2.45) is 0 Å². The van der Waals surface area contributed by atoms with E-state index >= 15 is 0 Å². The number of carbonyl (C=O) groups excluding carboxylic acids is 2. The highest BCUT2D eigenvalue weighted by atomic mass is 16.5. The van der Waals surface area contributed by atoms with Gasteiger partial charge in [0.1, 0.15) is 18.5 Å². The number of pyridine rings is 1. The molecule has 0 spiro atoms. The summed E-state index contributed by atoms with van der Waals surface area (Å²) >= 11 is 0. The van der Waals surface area contributed by atoms with Crippen LogP contribution in [0.3, 0.4) is 0 Å². The number of carbonyl (C=O) groups is 2. The highest BCUT2D eigenvalue weighted by Crippen LogP contribution is 2.16. The van der Waals surface area contributed by atoms with Crippen LogP contribution >= 0.6 is 0 Å². The number of aromatic amines is 1. The van der Waals surface area contributed by atoms with Gasteiger partial charge in [-0.15, -0.1) is 0 Å². The van der Waals surface area contributed by atoms with Gasteiger partial charge in [-0.2, -0.15) is 5.10 Å². The second-order valence-electron chi connectivity index (χ2n) is 7.27. The van der Waals surface area contributed by atoms with Crippen molar-refractivity contribution in [3.05, 3.63) is 64.3 Å². The largest absolute Gasteiger partial charge is 0.489 e. The first-order valence-corrected chi connectivity index (χ1v) is 10.1. The number of methoxy groups -OCH3 is 1. The molecule has 0 radical (unpaired) electrons. The lowest BCUT2D eigenvalue weighted by Crippen LogP contribution is -2.48. The van der Waals surface area contributed by atoms with Crippen LogP contribution in [0.1, 0.15) is 16.1 Å². The summed E-state index contributed by atoms with van der Waals surface area (Å²) in [7, 11) is 1.29. The maximum absolute atomic E-state index is 12.9. The Morgan fingerprint density at radius 3 is 2.88 bits per heavy atom. The normalized spacial score (nSPS) is 16.0. The number of aromatic nitrogens is 3. The molecule has 3 heterocycles. The van der Waals surface area contributed by atoms with Crippen LogP contribution in [0.4, 0.5) is 0 Å². The van der Waals surface area contributed by atoms with Gasteiger partial charge >= 0.3 is 5.97 Å². The van der Waals surface area contributed by atoms with Gasteiger partial charge in [-0.3, -0.25) is 14.6 Å².